The molecule has 0 radical (unpaired) electrons. The van der Waals surface area contributed by atoms with Crippen molar-refractivity contribution in [2.75, 3.05) is 24.5 Å². The number of nitrogens with zero attached hydrogens (tertiary/aromatic N) is 1. The van der Waals surface area contributed by atoms with E-state index in [1.807, 2.05) is 30.0 Å². The first-order valence-electron chi connectivity index (χ1n) is 5.96. The van der Waals surface area contributed by atoms with Gasteiger partial charge in [0.2, 0.25) is 5.91 Å². The number of carbonyl (C=O) groups is 1. The molecule has 1 heterocycles. The van der Waals surface area contributed by atoms with Crippen LogP contribution >= 0.6 is 11.6 Å². The van der Waals surface area contributed by atoms with Crippen molar-refractivity contribution < 1.29 is 4.79 Å². The molecule has 3 nitrogen and oxygen atoms in total. The lowest BCUT2D eigenvalue weighted by Crippen LogP contribution is -2.41. The van der Waals surface area contributed by atoms with Gasteiger partial charge in [-0.3, -0.25) is 4.79 Å². The molecule has 17 heavy (non-hydrogen) atoms. The van der Waals surface area contributed by atoms with Gasteiger partial charge < -0.3 is 10.2 Å². The lowest BCUT2D eigenvalue weighted by molar-refractivity contribution is -0.118. The highest BCUT2D eigenvalue weighted by atomic mass is 35.5. The standard InChI is InChI=1S/C13H17ClN2O/c1-10-4-5-11(14)8-12(10)16-7-3-2-6-15-9-13(16)17/h4-5,8,15H,2-3,6-7,9H2,1H3. The molecule has 1 aliphatic rings. The Labute approximate surface area is 107 Å². The van der Waals surface area contributed by atoms with Gasteiger partial charge in [0.25, 0.3) is 0 Å². The van der Waals surface area contributed by atoms with Crippen LogP contribution in [0.15, 0.2) is 18.2 Å². The second-order valence-electron chi connectivity index (χ2n) is 4.36. The first-order valence-corrected chi connectivity index (χ1v) is 6.33. The highest BCUT2D eigenvalue weighted by molar-refractivity contribution is 6.31. The Kier molecular flexibility index (Phi) is 4.02. The number of carbonyl (C=O) groups excluding carboxylic acids is 1. The van der Waals surface area contributed by atoms with E-state index in [9.17, 15) is 4.79 Å². The predicted molar refractivity (Wildman–Crippen MR) is 70.6 cm³/mol. The molecule has 1 aromatic carbocycles. The summed E-state index contributed by atoms with van der Waals surface area (Å²) in [5.41, 5.74) is 2.02. The first kappa shape index (κ1) is 12.4. The fraction of sp³-hybridized carbons (Fsp3) is 0.462. The number of halogens is 1. The van der Waals surface area contributed by atoms with Crippen LogP contribution in [0, 0.1) is 6.92 Å². The SMILES string of the molecule is Cc1ccc(Cl)cc1N1CCCCNCC1=O. The van der Waals surface area contributed by atoms with E-state index in [2.05, 4.69) is 5.32 Å². The maximum absolute atomic E-state index is 12.1. The van der Waals surface area contributed by atoms with Crippen LogP contribution in [0.2, 0.25) is 5.02 Å². The maximum atomic E-state index is 12.1. The molecule has 0 saturated carbocycles. The fourth-order valence-corrected chi connectivity index (χ4v) is 2.23. The Balaban J connectivity index is 2.28. The molecule has 1 aromatic rings. The van der Waals surface area contributed by atoms with Gasteiger partial charge in [0, 0.05) is 17.3 Å². The first-order chi connectivity index (χ1) is 8.18. The van der Waals surface area contributed by atoms with Crippen molar-refractivity contribution >= 4 is 23.2 Å². The minimum atomic E-state index is 0.120. The zero-order chi connectivity index (χ0) is 12.3. The zero-order valence-electron chi connectivity index (χ0n) is 10.0. The van der Waals surface area contributed by atoms with Crippen LogP contribution in [0.1, 0.15) is 18.4 Å². The van der Waals surface area contributed by atoms with Crippen LogP contribution in [-0.2, 0) is 4.79 Å². The quantitative estimate of drug-likeness (QED) is 0.832. The monoisotopic (exact) mass is 252 g/mol. The molecule has 0 aliphatic carbocycles. The van der Waals surface area contributed by atoms with E-state index in [0.717, 1.165) is 37.2 Å². The van der Waals surface area contributed by atoms with Gasteiger partial charge in [-0.1, -0.05) is 17.7 Å². The topological polar surface area (TPSA) is 32.3 Å². The van der Waals surface area contributed by atoms with E-state index < -0.39 is 0 Å². The highest BCUT2D eigenvalue weighted by Gasteiger charge is 2.18. The van der Waals surface area contributed by atoms with Gasteiger partial charge in [-0.05, 0) is 44.0 Å². The minimum Gasteiger partial charge on any atom is -0.311 e. The van der Waals surface area contributed by atoms with E-state index in [4.69, 9.17) is 11.6 Å². The van der Waals surface area contributed by atoms with E-state index >= 15 is 0 Å². The number of anilines is 1. The molecule has 1 aliphatic heterocycles. The van der Waals surface area contributed by atoms with E-state index in [-0.39, 0.29) is 5.91 Å². The molecule has 0 atom stereocenters. The van der Waals surface area contributed by atoms with Crippen molar-refractivity contribution in [3.05, 3.63) is 28.8 Å². The largest absolute Gasteiger partial charge is 0.311 e. The molecule has 0 spiro atoms. The van der Waals surface area contributed by atoms with Crippen molar-refractivity contribution in [1.29, 1.82) is 0 Å². The molecule has 1 amide bonds. The van der Waals surface area contributed by atoms with Crippen molar-refractivity contribution in [2.45, 2.75) is 19.8 Å². The van der Waals surface area contributed by atoms with Crippen molar-refractivity contribution in [2.24, 2.45) is 0 Å². The van der Waals surface area contributed by atoms with Gasteiger partial charge in [0.05, 0.1) is 6.54 Å². The lowest BCUT2D eigenvalue weighted by atomic mass is 10.1. The minimum absolute atomic E-state index is 0.120. The second-order valence-corrected chi connectivity index (χ2v) is 4.80. The summed E-state index contributed by atoms with van der Waals surface area (Å²) >= 11 is 6.00. The van der Waals surface area contributed by atoms with Crippen molar-refractivity contribution in [3.63, 3.8) is 0 Å². The summed E-state index contributed by atoms with van der Waals surface area (Å²) in [6, 6.07) is 5.68. The molecule has 0 bridgehead atoms. The molecule has 0 unspecified atom stereocenters. The average molecular weight is 253 g/mol. The third kappa shape index (κ3) is 2.99. The summed E-state index contributed by atoms with van der Waals surface area (Å²) in [6.07, 6.45) is 2.12. The number of hydrogen-bond donors (Lipinski definition) is 1. The zero-order valence-corrected chi connectivity index (χ0v) is 10.8. The van der Waals surface area contributed by atoms with Crippen LogP contribution in [0.3, 0.4) is 0 Å². The predicted octanol–water partition coefficient (Wildman–Crippen LogP) is 2.36. The molecule has 2 rings (SSSR count). The van der Waals surface area contributed by atoms with Crippen molar-refractivity contribution in [1.82, 2.24) is 5.32 Å². The van der Waals surface area contributed by atoms with Crippen molar-refractivity contribution in [3.8, 4) is 0 Å². The summed E-state index contributed by atoms with van der Waals surface area (Å²) in [5.74, 6) is 0.120. The van der Waals surface area contributed by atoms with E-state index in [1.54, 1.807) is 0 Å². The third-order valence-corrected chi connectivity index (χ3v) is 3.26. The number of amides is 1. The molecule has 0 aromatic heterocycles. The molecular formula is C13H17ClN2O. The Morgan fingerprint density at radius 1 is 1.35 bits per heavy atom. The summed E-state index contributed by atoms with van der Waals surface area (Å²) in [6.45, 7) is 4.12. The van der Waals surface area contributed by atoms with Gasteiger partial charge in [-0.2, -0.15) is 0 Å². The Morgan fingerprint density at radius 2 is 2.18 bits per heavy atom. The summed E-state index contributed by atoms with van der Waals surface area (Å²) in [5, 5.41) is 3.82. The van der Waals surface area contributed by atoms with Gasteiger partial charge in [0.15, 0.2) is 0 Å². The van der Waals surface area contributed by atoms with Crippen LogP contribution in [0.5, 0.6) is 0 Å². The van der Waals surface area contributed by atoms with E-state index in [1.165, 1.54) is 0 Å². The number of nitrogens with one attached hydrogen (secondary N) is 1. The summed E-state index contributed by atoms with van der Waals surface area (Å²) in [4.78, 5) is 13.9. The number of rotatable bonds is 1. The summed E-state index contributed by atoms with van der Waals surface area (Å²) in [7, 11) is 0. The molecule has 4 heteroatoms. The Morgan fingerprint density at radius 3 is 3.00 bits per heavy atom. The molecule has 1 fully saturated rings. The molecule has 1 saturated heterocycles. The number of hydrogen-bond acceptors (Lipinski definition) is 2. The van der Waals surface area contributed by atoms with Crippen LogP contribution < -0.4 is 10.2 Å². The van der Waals surface area contributed by atoms with Crippen LogP contribution in [-0.4, -0.2) is 25.5 Å². The lowest BCUT2D eigenvalue weighted by Gasteiger charge is -2.26. The fourth-order valence-electron chi connectivity index (χ4n) is 2.06. The van der Waals surface area contributed by atoms with Gasteiger partial charge in [0.1, 0.15) is 0 Å². The van der Waals surface area contributed by atoms with Gasteiger partial charge in [-0.15, -0.1) is 0 Å². The second kappa shape index (κ2) is 5.52. The molecular weight excluding hydrogens is 236 g/mol. The van der Waals surface area contributed by atoms with Gasteiger partial charge in [-0.25, -0.2) is 0 Å². The highest BCUT2D eigenvalue weighted by Crippen LogP contribution is 2.25. The van der Waals surface area contributed by atoms with Gasteiger partial charge >= 0.3 is 0 Å². The maximum Gasteiger partial charge on any atom is 0.240 e. The average Bonchev–Trinajstić information content (AvgIpc) is 2.28. The normalized spacial score (nSPS) is 17.8. The smallest absolute Gasteiger partial charge is 0.240 e. The molecule has 92 valence electrons. The summed E-state index contributed by atoms with van der Waals surface area (Å²) < 4.78 is 0. The van der Waals surface area contributed by atoms with Crippen LogP contribution in [0.4, 0.5) is 5.69 Å². The number of benzene rings is 1. The van der Waals surface area contributed by atoms with E-state index in [0.29, 0.717) is 11.6 Å². The number of aryl methyl sites for hydroxylation is 1. The Bertz CT molecular complexity index is 420. The Hall–Kier alpha value is -1.06. The third-order valence-electron chi connectivity index (χ3n) is 3.02. The molecule has 1 N–H and O–H groups in total. The van der Waals surface area contributed by atoms with Crippen LogP contribution in [0.25, 0.3) is 0 Å².